The molecule has 2 rings (SSSR count). The van der Waals surface area contributed by atoms with Gasteiger partial charge in [0.25, 0.3) is 0 Å². The van der Waals surface area contributed by atoms with Crippen LogP contribution >= 0.6 is 24.4 Å². The second kappa shape index (κ2) is 7.62. The molecule has 0 radical (unpaired) electrons. The zero-order chi connectivity index (χ0) is 13.4. The van der Waals surface area contributed by atoms with E-state index in [4.69, 9.17) is 0 Å². The van der Waals surface area contributed by atoms with E-state index in [0.717, 1.165) is 23.0 Å². The monoisotopic (exact) mass is 276 g/mol. The Bertz CT molecular complexity index is 494. The third kappa shape index (κ3) is 5.11. The second-order valence-corrected chi connectivity index (χ2v) is 3.76. The highest BCUT2D eigenvalue weighted by Crippen LogP contribution is 1.90. The molecule has 0 saturated carbocycles. The molecule has 0 amide bonds. The molecule has 0 atom stereocenters. The van der Waals surface area contributed by atoms with E-state index in [1.807, 2.05) is 13.8 Å². The average molecular weight is 276 g/mol. The third-order valence-electron chi connectivity index (χ3n) is 1.84. The molecule has 18 heavy (non-hydrogen) atoms. The molecular weight excluding hydrogens is 264 g/mol. The van der Waals surface area contributed by atoms with Crippen molar-refractivity contribution < 1.29 is 0 Å². The van der Waals surface area contributed by atoms with Gasteiger partial charge in [0, 0.05) is 23.1 Å². The molecule has 0 bridgehead atoms. The van der Waals surface area contributed by atoms with Crippen molar-refractivity contribution in [1.82, 2.24) is 19.9 Å². The van der Waals surface area contributed by atoms with Crippen LogP contribution in [0.2, 0.25) is 0 Å². The van der Waals surface area contributed by atoms with Gasteiger partial charge >= 0.3 is 0 Å². The molecule has 2 aromatic rings. The van der Waals surface area contributed by atoms with Gasteiger partial charge in [-0.15, -0.1) is 0 Å². The SMILES string of the molecule is Cc1nccc(C=S)n1.Cc1nccc(C=S)n1. The maximum atomic E-state index is 4.66. The maximum Gasteiger partial charge on any atom is 0.125 e. The van der Waals surface area contributed by atoms with Gasteiger partial charge in [0.05, 0.1) is 11.4 Å². The molecule has 4 nitrogen and oxygen atoms in total. The minimum atomic E-state index is 0.758. The summed E-state index contributed by atoms with van der Waals surface area (Å²) >= 11 is 9.33. The highest BCUT2D eigenvalue weighted by atomic mass is 32.1. The van der Waals surface area contributed by atoms with E-state index in [9.17, 15) is 0 Å². The molecule has 2 heterocycles. The molecule has 0 fully saturated rings. The Balaban J connectivity index is 0.000000180. The highest BCUT2D eigenvalue weighted by molar-refractivity contribution is 7.79. The van der Waals surface area contributed by atoms with Gasteiger partial charge < -0.3 is 0 Å². The summed E-state index contributed by atoms with van der Waals surface area (Å²) in [5.74, 6) is 1.52. The molecule has 0 aromatic carbocycles. The van der Waals surface area contributed by atoms with Gasteiger partial charge in [0.1, 0.15) is 11.6 Å². The zero-order valence-electron chi connectivity index (χ0n) is 10.1. The number of hydrogen-bond donors (Lipinski definition) is 0. The second-order valence-electron chi connectivity index (χ2n) is 3.29. The largest absolute Gasteiger partial charge is 0.242 e. The van der Waals surface area contributed by atoms with Crippen molar-refractivity contribution in [3.8, 4) is 0 Å². The number of rotatable bonds is 2. The van der Waals surface area contributed by atoms with Gasteiger partial charge in [-0.1, -0.05) is 24.4 Å². The van der Waals surface area contributed by atoms with Crippen molar-refractivity contribution >= 4 is 35.2 Å². The number of thiocarbonyl (C=S) groups is 2. The first-order chi connectivity index (χ1) is 8.65. The van der Waals surface area contributed by atoms with Crippen molar-refractivity contribution in [3.05, 3.63) is 47.6 Å². The lowest BCUT2D eigenvalue weighted by Gasteiger charge is -1.89. The molecule has 0 N–H and O–H groups in total. The minimum Gasteiger partial charge on any atom is -0.242 e. The number of nitrogens with zero attached hydrogens (tertiary/aromatic N) is 4. The van der Waals surface area contributed by atoms with Crippen LogP contribution in [0.3, 0.4) is 0 Å². The van der Waals surface area contributed by atoms with Crippen molar-refractivity contribution in [1.29, 1.82) is 0 Å². The first-order valence-corrected chi connectivity index (χ1v) is 6.09. The van der Waals surface area contributed by atoms with Crippen LogP contribution in [-0.4, -0.2) is 30.7 Å². The summed E-state index contributed by atoms with van der Waals surface area (Å²) in [5, 5.41) is 3.07. The van der Waals surface area contributed by atoms with Crippen LogP contribution in [0.15, 0.2) is 24.5 Å². The van der Waals surface area contributed by atoms with Crippen molar-refractivity contribution in [2.24, 2.45) is 0 Å². The van der Waals surface area contributed by atoms with E-state index < -0.39 is 0 Å². The summed E-state index contributed by atoms with van der Waals surface area (Å²) in [4.78, 5) is 15.9. The van der Waals surface area contributed by atoms with Crippen LogP contribution in [0, 0.1) is 13.8 Å². The Hall–Kier alpha value is -1.66. The topological polar surface area (TPSA) is 51.6 Å². The van der Waals surface area contributed by atoms with Crippen LogP contribution in [0.5, 0.6) is 0 Å². The lowest BCUT2D eigenvalue weighted by atomic mass is 10.4. The van der Waals surface area contributed by atoms with E-state index in [0.29, 0.717) is 0 Å². The lowest BCUT2D eigenvalue weighted by molar-refractivity contribution is 1.05. The standard InChI is InChI=1S/2C6H6N2S/c2*1-5-7-3-2-6(4-9)8-5/h2*2-4H,1H3. The summed E-state index contributed by atoms with van der Waals surface area (Å²) in [6, 6.07) is 3.56. The summed E-state index contributed by atoms with van der Waals surface area (Å²) in [7, 11) is 0. The van der Waals surface area contributed by atoms with Gasteiger partial charge in [-0.2, -0.15) is 0 Å². The number of hydrogen-bond acceptors (Lipinski definition) is 6. The quantitative estimate of drug-likeness (QED) is 0.784. The third-order valence-corrected chi connectivity index (χ3v) is 2.32. The predicted molar refractivity (Wildman–Crippen MR) is 79.1 cm³/mol. The number of aryl methyl sites for hydroxylation is 2. The summed E-state index contributed by atoms with van der Waals surface area (Å²) in [5.41, 5.74) is 1.61. The first kappa shape index (κ1) is 14.4. The van der Waals surface area contributed by atoms with Gasteiger partial charge in [-0.05, 0) is 26.0 Å². The van der Waals surface area contributed by atoms with E-state index in [-0.39, 0.29) is 0 Å². The Labute approximate surface area is 117 Å². The van der Waals surface area contributed by atoms with Crippen molar-refractivity contribution in [3.63, 3.8) is 0 Å². The van der Waals surface area contributed by atoms with Gasteiger partial charge in [-0.25, -0.2) is 19.9 Å². The minimum absolute atomic E-state index is 0.758. The van der Waals surface area contributed by atoms with Crippen molar-refractivity contribution in [2.45, 2.75) is 13.8 Å². The van der Waals surface area contributed by atoms with E-state index in [2.05, 4.69) is 44.4 Å². The van der Waals surface area contributed by atoms with E-state index >= 15 is 0 Å². The van der Waals surface area contributed by atoms with Gasteiger partial charge in [0.15, 0.2) is 0 Å². The highest BCUT2D eigenvalue weighted by Gasteiger charge is 1.87. The van der Waals surface area contributed by atoms with Gasteiger partial charge in [-0.3, -0.25) is 0 Å². The van der Waals surface area contributed by atoms with E-state index in [1.54, 1.807) is 24.5 Å². The summed E-state index contributed by atoms with van der Waals surface area (Å²) in [6.07, 6.45) is 3.39. The predicted octanol–water partition coefficient (Wildman–Crippen LogP) is 2.27. The Morgan fingerprint density at radius 2 is 1.22 bits per heavy atom. The Morgan fingerprint density at radius 3 is 1.44 bits per heavy atom. The fourth-order valence-electron chi connectivity index (χ4n) is 1.08. The smallest absolute Gasteiger partial charge is 0.125 e. The van der Waals surface area contributed by atoms with Crippen LogP contribution in [0.25, 0.3) is 0 Å². The normalized spacial score (nSPS) is 9.00. The number of aromatic nitrogens is 4. The lowest BCUT2D eigenvalue weighted by Crippen LogP contribution is -1.90. The van der Waals surface area contributed by atoms with Crippen LogP contribution in [0.4, 0.5) is 0 Å². The summed E-state index contributed by atoms with van der Waals surface area (Å²) < 4.78 is 0. The fraction of sp³-hybridized carbons (Fsp3) is 0.167. The molecule has 0 aliphatic carbocycles. The molecule has 0 aliphatic heterocycles. The molecule has 0 spiro atoms. The van der Waals surface area contributed by atoms with Gasteiger partial charge in [0.2, 0.25) is 0 Å². The summed E-state index contributed by atoms with van der Waals surface area (Å²) in [6.45, 7) is 3.67. The average Bonchev–Trinajstić information content (AvgIpc) is 2.39. The molecule has 92 valence electrons. The molecule has 6 heteroatoms. The fourth-order valence-corrected chi connectivity index (χ4v) is 1.34. The molecule has 0 aliphatic rings. The molecular formula is C12H12N4S2. The van der Waals surface area contributed by atoms with Crippen LogP contribution in [-0.2, 0) is 0 Å². The zero-order valence-corrected chi connectivity index (χ0v) is 11.7. The Morgan fingerprint density at radius 1 is 0.833 bits per heavy atom. The first-order valence-electron chi connectivity index (χ1n) is 5.15. The maximum absolute atomic E-state index is 4.66. The molecule has 2 aromatic heterocycles. The molecule has 0 unspecified atom stereocenters. The van der Waals surface area contributed by atoms with Crippen LogP contribution in [0.1, 0.15) is 23.0 Å². The van der Waals surface area contributed by atoms with Crippen LogP contribution < -0.4 is 0 Å². The van der Waals surface area contributed by atoms with Crippen molar-refractivity contribution in [2.75, 3.05) is 0 Å². The van der Waals surface area contributed by atoms with E-state index in [1.165, 1.54) is 10.7 Å². The Kier molecular flexibility index (Phi) is 6.10. The molecule has 0 saturated heterocycles.